The summed E-state index contributed by atoms with van der Waals surface area (Å²) in [4.78, 5) is 0. The van der Waals surface area contributed by atoms with Gasteiger partial charge in [0.1, 0.15) is 12.4 Å². The molecule has 3 rings (SSSR count). The number of ether oxygens (including phenoxy) is 1. The van der Waals surface area contributed by atoms with Crippen LogP contribution >= 0.6 is 0 Å². The van der Waals surface area contributed by atoms with Crippen molar-refractivity contribution in [2.45, 2.75) is 13.5 Å². The number of nitrogens with two attached hydrogens (primary N) is 1. The molecule has 2 aromatic carbocycles. The number of nitrogen functional groups attached to an aromatic ring is 1. The van der Waals surface area contributed by atoms with Gasteiger partial charge in [-0.05, 0) is 24.6 Å². The van der Waals surface area contributed by atoms with Gasteiger partial charge < -0.3 is 10.5 Å². The van der Waals surface area contributed by atoms with Crippen LogP contribution in [0.15, 0.2) is 42.5 Å². The van der Waals surface area contributed by atoms with Crippen LogP contribution in [0.2, 0.25) is 0 Å². The van der Waals surface area contributed by atoms with Crippen molar-refractivity contribution in [3.63, 3.8) is 0 Å². The van der Waals surface area contributed by atoms with Gasteiger partial charge in [-0.25, -0.2) is 0 Å². The van der Waals surface area contributed by atoms with Crippen molar-refractivity contribution < 1.29 is 4.74 Å². The zero-order chi connectivity index (χ0) is 13.2. The van der Waals surface area contributed by atoms with Gasteiger partial charge in [0.2, 0.25) is 0 Å². The van der Waals surface area contributed by atoms with Crippen molar-refractivity contribution in [1.29, 1.82) is 0 Å². The molecule has 0 unspecified atom stereocenters. The van der Waals surface area contributed by atoms with Crippen molar-refractivity contribution in [3.05, 3.63) is 53.6 Å². The number of hydrogen-bond acceptors (Lipinski definition) is 3. The summed E-state index contributed by atoms with van der Waals surface area (Å²) in [5.41, 5.74) is 9.01. The van der Waals surface area contributed by atoms with E-state index >= 15 is 0 Å². The molecule has 0 saturated heterocycles. The quantitative estimate of drug-likeness (QED) is 0.754. The van der Waals surface area contributed by atoms with Gasteiger partial charge in [-0.1, -0.05) is 29.8 Å². The zero-order valence-electron chi connectivity index (χ0n) is 10.7. The van der Waals surface area contributed by atoms with Crippen LogP contribution in [0.1, 0.15) is 11.1 Å². The molecule has 0 atom stereocenters. The molecule has 4 nitrogen and oxygen atoms in total. The number of aromatic nitrogens is 2. The molecule has 96 valence electrons. The van der Waals surface area contributed by atoms with Crippen LogP contribution in [0.3, 0.4) is 0 Å². The number of nitrogens with zero attached hydrogens (tertiary/aromatic N) is 1. The summed E-state index contributed by atoms with van der Waals surface area (Å²) in [5, 5.41) is 7.76. The number of benzene rings is 2. The Morgan fingerprint density at radius 2 is 1.95 bits per heavy atom. The topological polar surface area (TPSA) is 63.9 Å². The molecule has 0 spiro atoms. The smallest absolute Gasteiger partial charge is 0.153 e. The third-order valence-corrected chi connectivity index (χ3v) is 3.09. The number of aryl methyl sites for hydroxylation is 1. The van der Waals surface area contributed by atoms with E-state index in [2.05, 4.69) is 41.4 Å². The van der Waals surface area contributed by atoms with Crippen molar-refractivity contribution >= 4 is 16.7 Å². The third kappa shape index (κ3) is 2.38. The average molecular weight is 253 g/mol. The molecule has 0 saturated carbocycles. The minimum atomic E-state index is 0.514. The SMILES string of the molecule is Cc1ccc(COc2ccc3c(N)n[nH]c3c2)cc1. The highest BCUT2D eigenvalue weighted by molar-refractivity contribution is 5.89. The first-order valence-corrected chi connectivity index (χ1v) is 6.14. The Hall–Kier alpha value is -2.49. The highest BCUT2D eigenvalue weighted by Gasteiger charge is 2.03. The van der Waals surface area contributed by atoms with Gasteiger partial charge in [-0.15, -0.1) is 0 Å². The Balaban J connectivity index is 1.76. The van der Waals surface area contributed by atoms with Gasteiger partial charge in [0.15, 0.2) is 5.82 Å². The monoisotopic (exact) mass is 253 g/mol. The fourth-order valence-corrected chi connectivity index (χ4v) is 1.96. The first kappa shape index (κ1) is 11.6. The van der Waals surface area contributed by atoms with Gasteiger partial charge in [0, 0.05) is 11.5 Å². The van der Waals surface area contributed by atoms with Crippen LogP contribution in [0.4, 0.5) is 5.82 Å². The average Bonchev–Trinajstić information content (AvgIpc) is 2.79. The van der Waals surface area contributed by atoms with E-state index in [-0.39, 0.29) is 0 Å². The third-order valence-electron chi connectivity index (χ3n) is 3.09. The van der Waals surface area contributed by atoms with Gasteiger partial charge in [-0.3, -0.25) is 5.10 Å². The Labute approximate surface area is 111 Å². The Bertz CT molecular complexity index is 701. The van der Waals surface area contributed by atoms with E-state index in [0.29, 0.717) is 12.4 Å². The number of hydrogen-bond donors (Lipinski definition) is 2. The summed E-state index contributed by atoms with van der Waals surface area (Å²) in [6.45, 7) is 2.62. The maximum absolute atomic E-state index is 5.76. The maximum Gasteiger partial charge on any atom is 0.153 e. The van der Waals surface area contributed by atoms with Crippen molar-refractivity contribution in [3.8, 4) is 5.75 Å². The molecular weight excluding hydrogens is 238 g/mol. The fraction of sp³-hybridized carbons (Fsp3) is 0.133. The summed E-state index contributed by atoms with van der Waals surface area (Å²) < 4.78 is 5.76. The molecular formula is C15H15N3O. The molecule has 1 aromatic heterocycles. The molecule has 0 aliphatic heterocycles. The fourth-order valence-electron chi connectivity index (χ4n) is 1.96. The predicted octanol–water partition coefficient (Wildman–Crippen LogP) is 3.03. The Morgan fingerprint density at radius 3 is 2.74 bits per heavy atom. The number of fused-ring (bicyclic) bond motifs is 1. The Morgan fingerprint density at radius 1 is 1.16 bits per heavy atom. The first-order chi connectivity index (χ1) is 9.22. The number of aromatic amines is 1. The van der Waals surface area contributed by atoms with E-state index < -0.39 is 0 Å². The van der Waals surface area contributed by atoms with E-state index in [1.807, 2.05) is 18.2 Å². The van der Waals surface area contributed by atoms with E-state index in [0.717, 1.165) is 22.2 Å². The lowest BCUT2D eigenvalue weighted by molar-refractivity contribution is 0.306. The molecule has 0 amide bonds. The predicted molar refractivity (Wildman–Crippen MR) is 76.0 cm³/mol. The van der Waals surface area contributed by atoms with E-state index in [9.17, 15) is 0 Å². The highest BCUT2D eigenvalue weighted by atomic mass is 16.5. The molecule has 0 aliphatic rings. The van der Waals surface area contributed by atoms with Crippen molar-refractivity contribution in [2.75, 3.05) is 5.73 Å². The summed E-state index contributed by atoms with van der Waals surface area (Å²) in [6.07, 6.45) is 0. The van der Waals surface area contributed by atoms with E-state index in [1.165, 1.54) is 5.56 Å². The van der Waals surface area contributed by atoms with Crippen LogP contribution in [0, 0.1) is 6.92 Å². The first-order valence-electron chi connectivity index (χ1n) is 6.14. The van der Waals surface area contributed by atoms with Gasteiger partial charge in [0.25, 0.3) is 0 Å². The summed E-state index contributed by atoms with van der Waals surface area (Å²) >= 11 is 0. The molecule has 0 fully saturated rings. The lowest BCUT2D eigenvalue weighted by Gasteiger charge is -2.06. The van der Waals surface area contributed by atoms with Crippen LogP contribution < -0.4 is 10.5 Å². The van der Waals surface area contributed by atoms with Crippen LogP contribution in [0.25, 0.3) is 10.9 Å². The summed E-state index contributed by atoms with van der Waals surface area (Å²) in [7, 11) is 0. The minimum Gasteiger partial charge on any atom is -0.489 e. The normalized spacial score (nSPS) is 10.8. The van der Waals surface area contributed by atoms with Gasteiger partial charge in [-0.2, -0.15) is 5.10 Å². The molecule has 4 heteroatoms. The largest absolute Gasteiger partial charge is 0.489 e. The molecule has 0 aliphatic carbocycles. The number of nitrogens with one attached hydrogen (secondary N) is 1. The van der Waals surface area contributed by atoms with Crippen LogP contribution in [0.5, 0.6) is 5.75 Å². The van der Waals surface area contributed by atoms with E-state index in [1.54, 1.807) is 0 Å². The molecule has 3 aromatic rings. The lowest BCUT2D eigenvalue weighted by Crippen LogP contribution is -1.95. The van der Waals surface area contributed by atoms with Crippen LogP contribution in [-0.4, -0.2) is 10.2 Å². The highest BCUT2D eigenvalue weighted by Crippen LogP contribution is 2.23. The standard InChI is InChI=1S/C15H15N3O/c1-10-2-4-11(5-3-10)9-19-12-6-7-13-14(8-12)17-18-15(13)16/h2-8H,9H2,1H3,(H3,16,17,18). The maximum atomic E-state index is 5.76. The molecule has 3 N–H and O–H groups in total. The zero-order valence-corrected chi connectivity index (χ0v) is 10.7. The summed E-state index contributed by atoms with van der Waals surface area (Å²) in [6, 6.07) is 14.0. The van der Waals surface area contributed by atoms with Crippen molar-refractivity contribution in [2.24, 2.45) is 0 Å². The van der Waals surface area contributed by atoms with Gasteiger partial charge >= 0.3 is 0 Å². The van der Waals surface area contributed by atoms with Crippen molar-refractivity contribution in [1.82, 2.24) is 10.2 Å². The van der Waals surface area contributed by atoms with E-state index in [4.69, 9.17) is 10.5 Å². The molecule has 1 heterocycles. The molecule has 0 radical (unpaired) electrons. The number of anilines is 1. The second kappa shape index (κ2) is 4.65. The molecule has 0 bridgehead atoms. The van der Waals surface area contributed by atoms with Gasteiger partial charge in [0.05, 0.1) is 5.52 Å². The number of rotatable bonds is 3. The minimum absolute atomic E-state index is 0.514. The van der Waals surface area contributed by atoms with Crippen LogP contribution in [-0.2, 0) is 6.61 Å². The molecule has 19 heavy (non-hydrogen) atoms. The number of H-pyrrole nitrogens is 1. The second-order valence-electron chi connectivity index (χ2n) is 4.59. The Kier molecular flexibility index (Phi) is 2.83. The second-order valence-corrected chi connectivity index (χ2v) is 4.59. The lowest BCUT2D eigenvalue weighted by atomic mass is 10.2. The summed E-state index contributed by atoms with van der Waals surface area (Å²) in [5.74, 6) is 1.32.